The molecule has 0 spiro atoms. The molecule has 9 heteroatoms. The molecule has 0 aliphatic heterocycles. The fourth-order valence-corrected chi connectivity index (χ4v) is 4.98. The predicted molar refractivity (Wildman–Crippen MR) is 156 cm³/mol. The topological polar surface area (TPSA) is 100 Å². The summed E-state index contributed by atoms with van der Waals surface area (Å²) in [6.45, 7) is 0.236. The van der Waals surface area contributed by atoms with Crippen LogP contribution in [0, 0.1) is 0 Å². The fraction of sp³-hybridized carbons (Fsp3) is 0.188. The summed E-state index contributed by atoms with van der Waals surface area (Å²) in [6, 6.07) is 34.5. The molecule has 0 radical (unpaired) electrons. The van der Waals surface area contributed by atoms with Crippen LogP contribution in [0.2, 0.25) is 0 Å². The number of nitrogens with one attached hydrogen (secondary N) is 1. The Morgan fingerprint density at radius 2 is 1.32 bits per heavy atom. The smallest absolute Gasteiger partial charge is 0.457 e. The molecule has 41 heavy (non-hydrogen) atoms. The Morgan fingerprint density at radius 3 is 1.90 bits per heavy atom. The van der Waals surface area contributed by atoms with Gasteiger partial charge in [-0.25, -0.2) is 9.36 Å². The highest BCUT2D eigenvalue weighted by Crippen LogP contribution is 2.50. The van der Waals surface area contributed by atoms with Crippen molar-refractivity contribution in [2.75, 3.05) is 19.0 Å². The lowest BCUT2D eigenvalue weighted by molar-refractivity contribution is -0.123. The zero-order valence-electron chi connectivity index (χ0n) is 22.7. The Kier molecular flexibility index (Phi) is 11.0. The zero-order chi connectivity index (χ0) is 28.9. The van der Waals surface area contributed by atoms with Crippen LogP contribution in [0.5, 0.6) is 0 Å². The normalized spacial score (nSPS) is 13.1. The maximum Gasteiger partial charge on any atom is 0.475 e. The van der Waals surface area contributed by atoms with Crippen molar-refractivity contribution < 1.29 is 32.5 Å². The third-order valence-corrected chi connectivity index (χ3v) is 7.58. The van der Waals surface area contributed by atoms with E-state index in [1.54, 1.807) is 24.3 Å². The number of ether oxygens (including phenoxy) is 1. The van der Waals surface area contributed by atoms with Crippen molar-refractivity contribution >= 4 is 25.4 Å². The van der Waals surface area contributed by atoms with Gasteiger partial charge in [0.15, 0.2) is 6.10 Å². The molecule has 1 unspecified atom stereocenters. The number of anilines is 1. The van der Waals surface area contributed by atoms with Crippen molar-refractivity contribution in [1.82, 2.24) is 0 Å². The molecule has 4 aromatic rings. The van der Waals surface area contributed by atoms with E-state index in [1.165, 1.54) is 7.11 Å². The number of hydrogen-bond donors (Lipinski definition) is 1. The SMILES string of the molecule is COP(=O)(OCCc1ccccc1)O[C@@H](Cc1ccccc1)C(=O)Nc1ccc(C(=O)OCc2ccccc2)cc1. The number of amides is 1. The van der Waals surface area contributed by atoms with E-state index in [-0.39, 0.29) is 19.6 Å². The van der Waals surface area contributed by atoms with Crippen molar-refractivity contribution in [3.63, 3.8) is 0 Å². The van der Waals surface area contributed by atoms with Crippen LogP contribution in [0.3, 0.4) is 0 Å². The first-order valence-electron chi connectivity index (χ1n) is 13.1. The highest BCUT2D eigenvalue weighted by Gasteiger charge is 2.33. The van der Waals surface area contributed by atoms with Crippen LogP contribution in [-0.4, -0.2) is 31.7 Å². The van der Waals surface area contributed by atoms with E-state index in [0.717, 1.165) is 16.7 Å². The van der Waals surface area contributed by atoms with Gasteiger partial charge in [0.1, 0.15) is 6.61 Å². The molecule has 2 atom stereocenters. The van der Waals surface area contributed by atoms with Gasteiger partial charge >= 0.3 is 13.8 Å². The van der Waals surface area contributed by atoms with Crippen molar-refractivity contribution in [3.8, 4) is 0 Å². The summed E-state index contributed by atoms with van der Waals surface area (Å²) in [5.41, 5.74) is 3.45. The Hall–Kier alpha value is -4.07. The summed E-state index contributed by atoms with van der Waals surface area (Å²) in [5.74, 6) is -1.03. The summed E-state index contributed by atoms with van der Waals surface area (Å²) in [5, 5.41) is 2.77. The van der Waals surface area contributed by atoms with Crippen LogP contribution >= 0.6 is 7.82 Å². The Morgan fingerprint density at radius 1 is 0.756 bits per heavy atom. The minimum atomic E-state index is -4.07. The third-order valence-electron chi connectivity index (χ3n) is 6.12. The molecule has 0 heterocycles. The lowest BCUT2D eigenvalue weighted by Gasteiger charge is -2.23. The van der Waals surface area contributed by atoms with Gasteiger partial charge in [-0.3, -0.25) is 18.4 Å². The Labute approximate surface area is 239 Å². The number of carbonyl (C=O) groups is 2. The first kappa shape index (κ1) is 29.9. The summed E-state index contributed by atoms with van der Waals surface area (Å²) in [7, 11) is -2.85. The highest BCUT2D eigenvalue weighted by atomic mass is 31.2. The van der Waals surface area contributed by atoms with Gasteiger partial charge < -0.3 is 10.1 Å². The minimum absolute atomic E-state index is 0.0800. The Bertz CT molecular complexity index is 1430. The molecule has 1 amide bonds. The van der Waals surface area contributed by atoms with Gasteiger partial charge in [-0.1, -0.05) is 91.0 Å². The van der Waals surface area contributed by atoms with E-state index in [1.807, 2.05) is 91.0 Å². The molecule has 0 aliphatic carbocycles. The van der Waals surface area contributed by atoms with E-state index in [4.69, 9.17) is 18.3 Å². The molecule has 4 aromatic carbocycles. The van der Waals surface area contributed by atoms with Crippen molar-refractivity contribution in [2.24, 2.45) is 0 Å². The van der Waals surface area contributed by atoms with E-state index < -0.39 is 25.8 Å². The van der Waals surface area contributed by atoms with Crippen molar-refractivity contribution in [2.45, 2.75) is 25.6 Å². The van der Waals surface area contributed by atoms with Crippen LogP contribution in [-0.2, 0) is 47.1 Å². The van der Waals surface area contributed by atoms with Crippen LogP contribution in [0.4, 0.5) is 5.69 Å². The molecular weight excluding hydrogens is 541 g/mol. The van der Waals surface area contributed by atoms with Gasteiger partial charge in [-0.15, -0.1) is 0 Å². The second-order valence-electron chi connectivity index (χ2n) is 9.11. The second-order valence-corrected chi connectivity index (χ2v) is 10.8. The van der Waals surface area contributed by atoms with E-state index in [2.05, 4.69) is 5.32 Å². The molecule has 0 aliphatic rings. The fourth-order valence-electron chi connectivity index (χ4n) is 3.93. The highest BCUT2D eigenvalue weighted by molar-refractivity contribution is 7.48. The number of phosphoric ester groups is 1. The quantitative estimate of drug-likeness (QED) is 0.134. The summed E-state index contributed by atoms with van der Waals surface area (Å²) in [4.78, 5) is 25.8. The number of hydrogen-bond acceptors (Lipinski definition) is 7. The summed E-state index contributed by atoms with van der Waals surface area (Å²) < 4.78 is 35.1. The first-order chi connectivity index (χ1) is 19.9. The largest absolute Gasteiger partial charge is 0.475 e. The van der Waals surface area contributed by atoms with Gasteiger partial charge in [0, 0.05) is 19.2 Å². The molecule has 212 valence electrons. The molecule has 8 nitrogen and oxygen atoms in total. The average molecular weight is 574 g/mol. The number of carbonyl (C=O) groups excluding carboxylic acids is 2. The number of rotatable bonds is 14. The molecule has 0 saturated heterocycles. The summed E-state index contributed by atoms with van der Waals surface area (Å²) in [6.07, 6.45) is -0.561. The van der Waals surface area contributed by atoms with E-state index >= 15 is 0 Å². The van der Waals surface area contributed by atoms with Gasteiger partial charge in [0.2, 0.25) is 0 Å². The van der Waals surface area contributed by atoms with Gasteiger partial charge in [-0.05, 0) is 47.4 Å². The van der Waals surface area contributed by atoms with Crippen LogP contribution in [0.15, 0.2) is 115 Å². The van der Waals surface area contributed by atoms with Gasteiger partial charge in [0.05, 0.1) is 12.2 Å². The lowest BCUT2D eigenvalue weighted by atomic mass is 10.1. The van der Waals surface area contributed by atoms with Crippen LogP contribution in [0.25, 0.3) is 0 Å². The molecule has 0 bridgehead atoms. The van der Waals surface area contributed by atoms with Gasteiger partial charge in [0.25, 0.3) is 5.91 Å². The Balaban J connectivity index is 1.39. The van der Waals surface area contributed by atoms with Crippen molar-refractivity contribution in [3.05, 3.63) is 138 Å². The number of phosphoric acid groups is 1. The van der Waals surface area contributed by atoms with Gasteiger partial charge in [-0.2, -0.15) is 0 Å². The standard InChI is InChI=1S/C32H32NO7P/c1-37-41(36,39-22-21-25-11-5-2-6-12-25)40-30(23-26-13-7-3-8-14-26)31(34)33-29-19-17-28(18-20-29)32(35)38-24-27-15-9-4-10-16-27/h2-20,30H,21-24H2,1H3,(H,33,34)/t30-,41?/m0/s1. The van der Waals surface area contributed by atoms with Crippen molar-refractivity contribution in [1.29, 1.82) is 0 Å². The second kappa shape index (κ2) is 15.1. The molecule has 0 saturated carbocycles. The lowest BCUT2D eigenvalue weighted by Crippen LogP contribution is -2.32. The maximum atomic E-state index is 13.3. The van der Waals surface area contributed by atoms with E-state index in [0.29, 0.717) is 17.7 Å². The number of esters is 1. The number of benzene rings is 4. The van der Waals surface area contributed by atoms with Crippen LogP contribution < -0.4 is 5.32 Å². The first-order valence-corrected chi connectivity index (χ1v) is 14.6. The monoisotopic (exact) mass is 573 g/mol. The summed E-state index contributed by atoms with van der Waals surface area (Å²) >= 11 is 0. The zero-order valence-corrected chi connectivity index (χ0v) is 23.6. The van der Waals surface area contributed by atoms with Crippen LogP contribution in [0.1, 0.15) is 27.0 Å². The maximum absolute atomic E-state index is 13.3. The molecular formula is C32H32NO7P. The molecule has 1 N–H and O–H groups in total. The third kappa shape index (κ3) is 9.52. The molecule has 0 aromatic heterocycles. The molecule has 4 rings (SSSR count). The minimum Gasteiger partial charge on any atom is -0.457 e. The molecule has 0 fully saturated rings. The van der Waals surface area contributed by atoms with E-state index in [9.17, 15) is 14.2 Å². The predicted octanol–water partition coefficient (Wildman–Crippen LogP) is 6.62. The average Bonchev–Trinajstić information content (AvgIpc) is 3.01.